The van der Waals surface area contributed by atoms with Crippen molar-refractivity contribution in [2.45, 2.75) is 13.3 Å². The van der Waals surface area contributed by atoms with Crippen LogP contribution in [0.25, 0.3) is 11.1 Å². The van der Waals surface area contributed by atoms with Crippen LogP contribution < -0.4 is 0 Å². The van der Waals surface area contributed by atoms with Gasteiger partial charge < -0.3 is 0 Å². The maximum absolute atomic E-state index is 13.1. The van der Waals surface area contributed by atoms with Crippen LogP contribution in [-0.4, -0.2) is 0 Å². The number of halogens is 1. The number of rotatable bonds is 0. The molecule has 3 rings (SSSR count). The molecule has 2 aromatic carbocycles. The third-order valence-corrected chi connectivity index (χ3v) is 3.08. The Morgan fingerprint density at radius 1 is 1.07 bits per heavy atom. The SMILES string of the molecule is Cc1cccc2c1-c1ccc(F)cc1C2. The molecule has 0 fully saturated rings. The first-order chi connectivity index (χ1) is 7.25. The van der Waals surface area contributed by atoms with Gasteiger partial charge in [-0.1, -0.05) is 24.3 Å². The number of fused-ring (bicyclic) bond motifs is 3. The molecule has 1 aliphatic rings. The normalized spacial score (nSPS) is 12.4. The molecule has 0 saturated carbocycles. The van der Waals surface area contributed by atoms with Gasteiger partial charge >= 0.3 is 0 Å². The van der Waals surface area contributed by atoms with Crippen molar-refractivity contribution in [3.8, 4) is 11.1 Å². The van der Waals surface area contributed by atoms with E-state index >= 15 is 0 Å². The van der Waals surface area contributed by atoms with Gasteiger partial charge in [0.15, 0.2) is 0 Å². The van der Waals surface area contributed by atoms with Crippen LogP contribution in [0, 0.1) is 12.7 Å². The molecule has 74 valence electrons. The smallest absolute Gasteiger partial charge is 0.123 e. The molecule has 0 saturated heterocycles. The first kappa shape index (κ1) is 8.66. The highest BCUT2D eigenvalue weighted by Gasteiger charge is 2.19. The van der Waals surface area contributed by atoms with Crippen molar-refractivity contribution in [1.29, 1.82) is 0 Å². The van der Waals surface area contributed by atoms with Gasteiger partial charge in [0.05, 0.1) is 0 Å². The van der Waals surface area contributed by atoms with E-state index in [1.807, 2.05) is 6.07 Å². The van der Waals surface area contributed by atoms with Gasteiger partial charge in [-0.05, 0) is 53.3 Å². The molecule has 0 radical (unpaired) electrons. The summed E-state index contributed by atoms with van der Waals surface area (Å²) in [6.07, 6.45) is 0.865. The molecule has 0 atom stereocenters. The topological polar surface area (TPSA) is 0 Å². The van der Waals surface area contributed by atoms with Crippen molar-refractivity contribution in [2.24, 2.45) is 0 Å². The number of benzene rings is 2. The summed E-state index contributed by atoms with van der Waals surface area (Å²) >= 11 is 0. The summed E-state index contributed by atoms with van der Waals surface area (Å²) in [5.74, 6) is -0.140. The average Bonchev–Trinajstić information content (AvgIpc) is 2.56. The van der Waals surface area contributed by atoms with Gasteiger partial charge in [0.25, 0.3) is 0 Å². The summed E-state index contributed by atoms with van der Waals surface area (Å²) in [6, 6.07) is 11.4. The zero-order valence-electron chi connectivity index (χ0n) is 8.55. The van der Waals surface area contributed by atoms with E-state index in [0.717, 1.165) is 12.0 Å². The molecule has 0 amide bonds. The lowest BCUT2D eigenvalue weighted by Gasteiger charge is -2.04. The summed E-state index contributed by atoms with van der Waals surface area (Å²) in [4.78, 5) is 0. The highest BCUT2D eigenvalue weighted by atomic mass is 19.1. The second kappa shape index (κ2) is 2.93. The summed E-state index contributed by atoms with van der Waals surface area (Å²) in [6.45, 7) is 2.11. The number of hydrogen-bond donors (Lipinski definition) is 0. The Kier molecular flexibility index (Phi) is 1.69. The molecule has 2 aromatic rings. The fraction of sp³-hybridized carbons (Fsp3) is 0.143. The summed E-state index contributed by atoms with van der Waals surface area (Å²) < 4.78 is 13.1. The van der Waals surface area contributed by atoms with Crippen LogP contribution in [0.5, 0.6) is 0 Å². The van der Waals surface area contributed by atoms with Gasteiger partial charge in [0, 0.05) is 0 Å². The van der Waals surface area contributed by atoms with E-state index in [2.05, 4.69) is 25.1 Å². The van der Waals surface area contributed by atoms with E-state index in [4.69, 9.17) is 0 Å². The van der Waals surface area contributed by atoms with E-state index in [1.54, 1.807) is 12.1 Å². The van der Waals surface area contributed by atoms with Gasteiger partial charge in [-0.15, -0.1) is 0 Å². The van der Waals surface area contributed by atoms with Gasteiger partial charge in [0.2, 0.25) is 0 Å². The van der Waals surface area contributed by atoms with E-state index in [-0.39, 0.29) is 5.82 Å². The second-order valence-electron chi connectivity index (χ2n) is 4.09. The molecule has 1 aliphatic carbocycles. The van der Waals surface area contributed by atoms with Crippen LogP contribution in [0.1, 0.15) is 16.7 Å². The fourth-order valence-corrected chi connectivity index (χ4v) is 2.42. The van der Waals surface area contributed by atoms with E-state index in [9.17, 15) is 4.39 Å². The molecular weight excluding hydrogens is 187 g/mol. The van der Waals surface area contributed by atoms with Crippen LogP contribution in [0.4, 0.5) is 4.39 Å². The maximum atomic E-state index is 13.1. The van der Waals surface area contributed by atoms with Crippen molar-refractivity contribution >= 4 is 0 Å². The lowest BCUT2D eigenvalue weighted by molar-refractivity contribution is 0.626. The first-order valence-electron chi connectivity index (χ1n) is 5.13. The molecule has 0 spiro atoms. The van der Waals surface area contributed by atoms with Crippen molar-refractivity contribution in [2.75, 3.05) is 0 Å². The molecule has 0 bridgehead atoms. The van der Waals surface area contributed by atoms with Crippen LogP contribution in [-0.2, 0) is 6.42 Å². The monoisotopic (exact) mass is 198 g/mol. The Balaban J connectivity index is 2.31. The Labute approximate surface area is 88.4 Å². The summed E-state index contributed by atoms with van der Waals surface area (Å²) in [5.41, 5.74) is 6.20. The highest BCUT2D eigenvalue weighted by Crippen LogP contribution is 2.38. The van der Waals surface area contributed by atoms with E-state index < -0.39 is 0 Å². The third kappa shape index (κ3) is 1.19. The van der Waals surface area contributed by atoms with Crippen molar-refractivity contribution in [3.63, 3.8) is 0 Å². The maximum Gasteiger partial charge on any atom is 0.123 e. The zero-order chi connectivity index (χ0) is 10.4. The van der Waals surface area contributed by atoms with Crippen LogP contribution in [0.15, 0.2) is 36.4 Å². The minimum atomic E-state index is -0.140. The third-order valence-electron chi connectivity index (χ3n) is 3.08. The average molecular weight is 198 g/mol. The molecule has 0 aliphatic heterocycles. The predicted molar refractivity (Wildman–Crippen MR) is 59.4 cm³/mol. The lowest BCUT2D eigenvalue weighted by atomic mass is 10.0. The van der Waals surface area contributed by atoms with Crippen LogP contribution >= 0.6 is 0 Å². The first-order valence-corrected chi connectivity index (χ1v) is 5.13. The molecule has 15 heavy (non-hydrogen) atoms. The minimum absolute atomic E-state index is 0.140. The number of aryl methyl sites for hydroxylation is 1. The molecule has 0 unspecified atom stereocenters. The Hall–Kier alpha value is -1.63. The van der Waals surface area contributed by atoms with E-state index in [0.29, 0.717) is 0 Å². The zero-order valence-corrected chi connectivity index (χ0v) is 8.55. The molecule has 0 heterocycles. The predicted octanol–water partition coefficient (Wildman–Crippen LogP) is 3.71. The van der Waals surface area contributed by atoms with Crippen molar-refractivity contribution in [3.05, 3.63) is 58.9 Å². The Morgan fingerprint density at radius 3 is 2.80 bits per heavy atom. The van der Waals surface area contributed by atoms with Gasteiger partial charge in [0.1, 0.15) is 5.82 Å². The molecular formula is C14H11F. The van der Waals surface area contributed by atoms with Gasteiger partial charge in [-0.2, -0.15) is 0 Å². The quantitative estimate of drug-likeness (QED) is 0.516. The van der Waals surface area contributed by atoms with Crippen molar-refractivity contribution < 1.29 is 4.39 Å². The molecule has 0 aromatic heterocycles. The Bertz CT molecular complexity index is 541. The second-order valence-corrected chi connectivity index (χ2v) is 4.09. The Morgan fingerprint density at radius 2 is 1.93 bits per heavy atom. The minimum Gasteiger partial charge on any atom is -0.207 e. The van der Waals surface area contributed by atoms with Crippen molar-refractivity contribution in [1.82, 2.24) is 0 Å². The van der Waals surface area contributed by atoms with Gasteiger partial charge in [-0.25, -0.2) is 4.39 Å². The summed E-state index contributed by atoms with van der Waals surface area (Å²) in [5, 5.41) is 0. The standard InChI is InChI=1S/C14H11F/c1-9-3-2-4-10-7-11-8-12(15)5-6-13(11)14(9)10/h2-6,8H,7H2,1H3. The highest BCUT2D eigenvalue weighted by molar-refractivity contribution is 5.79. The van der Waals surface area contributed by atoms with E-state index in [1.165, 1.54) is 22.3 Å². The largest absolute Gasteiger partial charge is 0.207 e. The molecule has 0 nitrogen and oxygen atoms in total. The van der Waals surface area contributed by atoms with Crippen LogP contribution in [0.3, 0.4) is 0 Å². The number of hydrogen-bond acceptors (Lipinski definition) is 0. The summed E-state index contributed by atoms with van der Waals surface area (Å²) in [7, 11) is 0. The molecule has 1 heteroatoms. The molecule has 0 N–H and O–H groups in total. The lowest BCUT2D eigenvalue weighted by Crippen LogP contribution is -1.82. The van der Waals surface area contributed by atoms with Gasteiger partial charge in [-0.3, -0.25) is 0 Å². The fourth-order valence-electron chi connectivity index (χ4n) is 2.42. The van der Waals surface area contributed by atoms with Crippen LogP contribution in [0.2, 0.25) is 0 Å².